The van der Waals surface area contributed by atoms with Crippen molar-refractivity contribution in [1.82, 2.24) is 0 Å². The summed E-state index contributed by atoms with van der Waals surface area (Å²) in [7, 11) is 0. The topological polar surface area (TPSA) is 29.5 Å². The molecule has 0 aromatic heterocycles. The molecule has 1 aromatic carbocycles. The molecule has 1 N–H and O–H groups in total. The average Bonchev–Trinajstić information content (AvgIpc) is 2.29. The molecular formula is C14H18O2. The number of rotatable bonds is 4. The van der Waals surface area contributed by atoms with Crippen LogP contribution in [-0.2, 0) is 6.42 Å². The van der Waals surface area contributed by atoms with Gasteiger partial charge in [0.2, 0.25) is 0 Å². The van der Waals surface area contributed by atoms with E-state index in [0.717, 1.165) is 24.8 Å². The first-order valence-corrected chi connectivity index (χ1v) is 5.69. The van der Waals surface area contributed by atoms with Gasteiger partial charge in [-0.1, -0.05) is 19.1 Å². The van der Waals surface area contributed by atoms with E-state index < -0.39 is 0 Å². The third kappa shape index (κ3) is 3.51. The standard InChI is InChI=1S/C14H18O2/c1-3-5-6-7-9-12-10-8-11-13(14(12)15)16-4-2/h8,10-11,15H,3-4,7,9H2,1-2H3. The van der Waals surface area contributed by atoms with Crippen LogP contribution in [0.3, 0.4) is 0 Å². The van der Waals surface area contributed by atoms with Crippen LogP contribution in [0.25, 0.3) is 0 Å². The number of aromatic hydroxyl groups is 1. The highest BCUT2D eigenvalue weighted by Crippen LogP contribution is 2.30. The summed E-state index contributed by atoms with van der Waals surface area (Å²) in [4.78, 5) is 0. The molecule has 0 saturated carbocycles. The van der Waals surface area contributed by atoms with E-state index in [2.05, 4.69) is 11.8 Å². The van der Waals surface area contributed by atoms with Crippen LogP contribution < -0.4 is 4.74 Å². The molecular weight excluding hydrogens is 200 g/mol. The fraction of sp³-hybridized carbons (Fsp3) is 0.429. The molecule has 16 heavy (non-hydrogen) atoms. The van der Waals surface area contributed by atoms with E-state index in [1.54, 1.807) is 6.07 Å². The third-order valence-corrected chi connectivity index (χ3v) is 2.20. The van der Waals surface area contributed by atoms with Crippen molar-refractivity contribution in [2.45, 2.75) is 33.1 Å². The highest BCUT2D eigenvalue weighted by molar-refractivity contribution is 5.45. The summed E-state index contributed by atoms with van der Waals surface area (Å²) in [5, 5.41) is 9.90. The molecule has 1 aromatic rings. The second-order valence-electron chi connectivity index (χ2n) is 3.40. The van der Waals surface area contributed by atoms with Gasteiger partial charge < -0.3 is 9.84 Å². The fourth-order valence-electron chi connectivity index (χ4n) is 1.45. The molecule has 0 fully saturated rings. The van der Waals surface area contributed by atoms with Crippen LogP contribution in [0.4, 0.5) is 0 Å². The lowest BCUT2D eigenvalue weighted by atomic mass is 10.1. The Morgan fingerprint density at radius 1 is 1.25 bits per heavy atom. The molecule has 0 aliphatic heterocycles. The number of aryl methyl sites for hydroxylation is 1. The molecule has 0 heterocycles. The zero-order chi connectivity index (χ0) is 11.8. The second kappa shape index (κ2) is 6.79. The molecule has 0 unspecified atom stereocenters. The summed E-state index contributed by atoms with van der Waals surface area (Å²) in [6.07, 6.45) is 2.42. The zero-order valence-electron chi connectivity index (χ0n) is 9.92. The SMILES string of the molecule is CCC#CCCc1cccc(OCC)c1O. The minimum absolute atomic E-state index is 0.252. The Balaban J connectivity index is 2.69. The Bertz CT molecular complexity index is 385. The van der Waals surface area contributed by atoms with Gasteiger partial charge in [-0.2, -0.15) is 0 Å². The first-order valence-electron chi connectivity index (χ1n) is 5.69. The monoisotopic (exact) mass is 218 g/mol. The van der Waals surface area contributed by atoms with Crippen molar-refractivity contribution in [3.8, 4) is 23.3 Å². The van der Waals surface area contributed by atoms with Crippen LogP contribution in [0.2, 0.25) is 0 Å². The van der Waals surface area contributed by atoms with E-state index in [1.165, 1.54) is 0 Å². The molecule has 1 rings (SSSR count). The van der Waals surface area contributed by atoms with E-state index in [9.17, 15) is 5.11 Å². The molecule has 0 bridgehead atoms. The van der Waals surface area contributed by atoms with Crippen molar-refractivity contribution in [1.29, 1.82) is 0 Å². The maximum Gasteiger partial charge on any atom is 0.161 e. The van der Waals surface area contributed by atoms with Crippen molar-refractivity contribution < 1.29 is 9.84 Å². The predicted molar refractivity (Wildman–Crippen MR) is 65.7 cm³/mol. The highest BCUT2D eigenvalue weighted by atomic mass is 16.5. The smallest absolute Gasteiger partial charge is 0.161 e. The van der Waals surface area contributed by atoms with E-state index in [-0.39, 0.29) is 5.75 Å². The van der Waals surface area contributed by atoms with E-state index in [0.29, 0.717) is 12.4 Å². The van der Waals surface area contributed by atoms with Gasteiger partial charge in [-0.3, -0.25) is 0 Å². The fourth-order valence-corrected chi connectivity index (χ4v) is 1.45. The third-order valence-electron chi connectivity index (χ3n) is 2.20. The van der Waals surface area contributed by atoms with Crippen LogP contribution in [-0.4, -0.2) is 11.7 Å². The van der Waals surface area contributed by atoms with Crippen LogP contribution in [0.5, 0.6) is 11.5 Å². The molecule has 0 aliphatic rings. The van der Waals surface area contributed by atoms with Gasteiger partial charge in [-0.25, -0.2) is 0 Å². The van der Waals surface area contributed by atoms with Crippen molar-refractivity contribution >= 4 is 0 Å². The molecule has 0 saturated heterocycles. The minimum Gasteiger partial charge on any atom is -0.504 e. The van der Waals surface area contributed by atoms with Gasteiger partial charge in [0, 0.05) is 12.8 Å². The summed E-state index contributed by atoms with van der Waals surface area (Å²) >= 11 is 0. The Morgan fingerprint density at radius 3 is 2.75 bits per heavy atom. The molecule has 0 radical (unpaired) electrons. The zero-order valence-corrected chi connectivity index (χ0v) is 9.92. The molecule has 0 amide bonds. The molecule has 0 aliphatic carbocycles. The van der Waals surface area contributed by atoms with Crippen LogP contribution in [0, 0.1) is 11.8 Å². The lowest BCUT2D eigenvalue weighted by Crippen LogP contribution is -1.94. The molecule has 2 heteroatoms. The minimum atomic E-state index is 0.252. The Morgan fingerprint density at radius 2 is 2.06 bits per heavy atom. The quantitative estimate of drug-likeness (QED) is 0.787. The van der Waals surface area contributed by atoms with Gasteiger partial charge in [0.1, 0.15) is 0 Å². The first-order chi connectivity index (χ1) is 7.79. The Hall–Kier alpha value is -1.62. The number of phenols is 1. The summed E-state index contributed by atoms with van der Waals surface area (Å²) in [6, 6.07) is 5.58. The van der Waals surface area contributed by atoms with Gasteiger partial charge in [-0.15, -0.1) is 11.8 Å². The van der Waals surface area contributed by atoms with Gasteiger partial charge >= 0.3 is 0 Å². The summed E-state index contributed by atoms with van der Waals surface area (Å²) in [6.45, 7) is 4.49. The van der Waals surface area contributed by atoms with Crippen LogP contribution >= 0.6 is 0 Å². The van der Waals surface area contributed by atoms with Crippen molar-refractivity contribution in [3.05, 3.63) is 23.8 Å². The predicted octanol–water partition coefficient (Wildman–Crippen LogP) is 3.14. The summed E-state index contributed by atoms with van der Waals surface area (Å²) in [5.74, 6) is 6.89. The van der Waals surface area contributed by atoms with Gasteiger partial charge in [0.05, 0.1) is 6.61 Å². The molecule has 2 nitrogen and oxygen atoms in total. The van der Waals surface area contributed by atoms with Gasteiger partial charge in [0.25, 0.3) is 0 Å². The summed E-state index contributed by atoms with van der Waals surface area (Å²) in [5.41, 5.74) is 0.899. The average molecular weight is 218 g/mol. The maximum atomic E-state index is 9.90. The number of ether oxygens (including phenoxy) is 1. The van der Waals surface area contributed by atoms with Crippen LogP contribution in [0.15, 0.2) is 18.2 Å². The number of hydrogen-bond donors (Lipinski definition) is 1. The first kappa shape index (κ1) is 12.4. The van der Waals surface area contributed by atoms with Crippen molar-refractivity contribution in [2.24, 2.45) is 0 Å². The molecule has 0 spiro atoms. The number of hydrogen-bond acceptors (Lipinski definition) is 2. The summed E-state index contributed by atoms with van der Waals surface area (Å²) < 4.78 is 5.32. The largest absolute Gasteiger partial charge is 0.504 e. The lowest BCUT2D eigenvalue weighted by molar-refractivity contribution is 0.316. The van der Waals surface area contributed by atoms with Gasteiger partial charge in [-0.05, 0) is 25.0 Å². The second-order valence-corrected chi connectivity index (χ2v) is 3.40. The van der Waals surface area contributed by atoms with Crippen molar-refractivity contribution in [2.75, 3.05) is 6.61 Å². The van der Waals surface area contributed by atoms with Gasteiger partial charge in [0.15, 0.2) is 11.5 Å². The lowest BCUT2D eigenvalue weighted by Gasteiger charge is -2.08. The number of benzene rings is 1. The van der Waals surface area contributed by atoms with Crippen LogP contribution in [0.1, 0.15) is 32.3 Å². The molecule has 86 valence electrons. The normalized spacial score (nSPS) is 9.38. The Kier molecular flexibility index (Phi) is 5.28. The van der Waals surface area contributed by atoms with E-state index >= 15 is 0 Å². The number of para-hydroxylation sites is 1. The molecule has 0 atom stereocenters. The van der Waals surface area contributed by atoms with E-state index in [4.69, 9.17) is 4.74 Å². The van der Waals surface area contributed by atoms with Crippen molar-refractivity contribution in [3.63, 3.8) is 0 Å². The van der Waals surface area contributed by atoms with E-state index in [1.807, 2.05) is 26.0 Å². The highest BCUT2D eigenvalue weighted by Gasteiger charge is 2.06. The Labute approximate surface area is 97.3 Å². The maximum absolute atomic E-state index is 9.90. The number of phenolic OH excluding ortho intramolecular Hbond substituents is 1.